The van der Waals surface area contributed by atoms with Crippen LogP contribution in [-0.2, 0) is 57.5 Å². The van der Waals surface area contributed by atoms with Crippen LogP contribution in [0, 0.1) is 0 Å². The number of esters is 4. The average Bonchev–Trinajstić information content (AvgIpc) is 3.14. The molecule has 0 aliphatic carbocycles. The number of benzene rings is 2. The summed E-state index contributed by atoms with van der Waals surface area (Å²) in [5.41, 5.74) is 1.49. The van der Waals surface area contributed by atoms with Gasteiger partial charge in [0.1, 0.15) is 31.3 Å². The van der Waals surface area contributed by atoms with E-state index in [1.165, 1.54) is 40.6 Å². The third-order valence-corrected chi connectivity index (χ3v) is 5.66. The van der Waals surface area contributed by atoms with Crippen molar-refractivity contribution >= 4 is 48.0 Å². The van der Waals surface area contributed by atoms with E-state index in [-0.39, 0.29) is 56.4 Å². The highest BCUT2D eigenvalue weighted by Crippen LogP contribution is 2.14. The summed E-state index contributed by atoms with van der Waals surface area (Å²) in [6, 6.07) is 14.0. The number of carbonyl (C=O) groups excluding carboxylic acids is 5. The molecule has 16 nitrogen and oxygen atoms in total. The SMILES string of the molecule is C=C(CC(=O)OC)C(=O)O.C=C(CC(=O)OC)C(=O)OCCOc1ccc(/C=C/C(=O)OOC)cc1.COC(=O)/C=C/c1ccc(OCCO)cc1. The Balaban J connectivity index is 0.000000846. The predicted molar refractivity (Wildman–Crippen MR) is 184 cm³/mol. The second kappa shape index (κ2) is 27.5. The van der Waals surface area contributed by atoms with Gasteiger partial charge in [-0.2, -0.15) is 4.89 Å². The van der Waals surface area contributed by atoms with Gasteiger partial charge in [0, 0.05) is 23.3 Å². The van der Waals surface area contributed by atoms with Crippen molar-refractivity contribution in [2.75, 3.05) is 54.9 Å². The van der Waals surface area contributed by atoms with Crippen LogP contribution in [0.3, 0.4) is 0 Å². The second-order valence-corrected chi connectivity index (χ2v) is 9.47. The maximum atomic E-state index is 11.6. The Morgan fingerprint density at radius 2 is 1.10 bits per heavy atom. The highest BCUT2D eigenvalue weighted by molar-refractivity contribution is 5.93. The molecule has 52 heavy (non-hydrogen) atoms. The summed E-state index contributed by atoms with van der Waals surface area (Å²) in [6.45, 7) is 7.01. The van der Waals surface area contributed by atoms with E-state index < -0.39 is 29.8 Å². The number of carboxylic acids is 1. The molecule has 0 amide bonds. The number of ether oxygens (including phenoxy) is 6. The summed E-state index contributed by atoms with van der Waals surface area (Å²) in [7, 11) is 4.99. The third-order valence-electron chi connectivity index (χ3n) is 5.66. The molecule has 0 aliphatic heterocycles. The quantitative estimate of drug-likeness (QED) is 0.0562. The third kappa shape index (κ3) is 22.4. The van der Waals surface area contributed by atoms with Crippen molar-refractivity contribution < 1.29 is 77.2 Å². The lowest BCUT2D eigenvalue weighted by atomic mass is 10.2. The first-order valence-corrected chi connectivity index (χ1v) is 14.9. The number of rotatable bonds is 18. The number of aliphatic hydroxyl groups is 1. The lowest BCUT2D eigenvalue weighted by molar-refractivity contribution is -0.249. The summed E-state index contributed by atoms with van der Waals surface area (Å²) >= 11 is 0. The molecule has 2 aromatic carbocycles. The summed E-state index contributed by atoms with van der Waals surface area (Å²) < 4.78 is 28.7. The van der Waals surface area contributed by atoms with E-state index >= 15 is 0 Å². The highest BCUT2D eigenvalue weighted by atomic mass is 17.2. The molecule has 0 spiro atoms. The molecule has 16 heteroatoms. The standard InChI is InChI=1S/C18H20O8.C12H14O4.C6H8O4/c1-13(12-17(20)22-2)18(21)25-11-10-24-15-7-4-14(5-8-15)6-9-16(19)26-23-3;1-15-12(14)7-4-10-2-5-11(6-3-10)16-9-8-13;1-4(6(8)9)3-5(7)10-2/h4-9H,1,10-12H2,2-3H3;2-7,13H,8-9H2,1H3;1,3H2,2H3,(H,8,9)/b9-6+;7-4+;. The Labute approximate surface area is 300 Å². The van der Waals surface area contributed by atoms with Crippen LogP contribution in [-0.4, -0.2) is 101 Å². The largest absolute Gasteiger partial charge is 0.491 e. The monoisotopic (exact) mass is 730 g/mol. The van der Waals surface area contributed by atoms with Gasteiger partial charge in [-0.1, -0.05) is 37.4 Å². The van der Waals surface area contributed by atoms with Crippen molar-refractivity contribution in [2.45, 2.75) is 12.8 Å². The molecular formula is C36H42O16. The average molecular weight is 731 g/mol. The van der Waals surface area contributed by atoms with Gasteiger partial charge in [-0.05, 0) is 47.5 Å². The van der Waals surface area contributed by atoms with Gasteiger partial charge in [0.05, 0.1) is 47.9 Å². The first-order valence-electron chi connectivity index (χ1n) is 14.9. The Kier molecular flexibility index (Phi) is 24.2. The number of hydrogen-bond donors (Lipinski definition) is 2. The normalized spacial score (nSPS) is 9.94. The summed E-state index contributed by atoms with van der Waals surface area (Å²) in [5.74, 6) is -2.77. The van der Waals surface area contributed by atoms with E-state index in [9.17, 15) is 28.8 Å². The topological polar surface area (TPSA) is 217 Å². The van der Waals surface area contributed by atoms with E-state index in [0.29, 0.717) is 11.5 Å². The van der Waals surface area contributed by atoms with Crippen molar-refractivity contribution in [3.05, 3.63) is 96.1 Å². The number of carboxylic acid groups (broad SMARTS) is 1. The Morgan fingerprint density at radius 1 is 0.635 bits per heavy atom. The molecular weight excluding hydrogens is 688 g/mol. The Morgan fingerprint density at radius 3 is 1.52 bits per heavy atom. The molecule has 2 aromatic rings. The molecule has 282 valence electrons. The number of carbonyl (C=O) groups is 6. The van der Waals surface area contributed by atoms with Crippen LogP contribution < -0.4 is 9.47 Å². The first kappa shape index (κ1) is 45.7. The number of aliphatic hydroxyl groups excluding tert-OH is 1. The van der Waals surface area contributed by atoms with Crippen molar-refractivity contribution in [1.29, 1.82) is 0 Å². The predicted octanol–water partition coefficient (Wildman–Crippen LogP) is 3.28. The molecule has 2 N–H and O–H groups in total. The summed E-state index contributed by atoms with van der Waals surface area (Å²) in [5, 5.41) is 16.8. The van der Waals surface area contributed by atoms with Gasteiger partial charge in [0.25, 0.3) is 0 Å². The molecule has 0 saturated heterocycles. The Hall–Kier alpha value is -6.26. The summed E-state index contributed by atoms with van der Waals surface area (Å²) in [6.07, 6.45) is 5.31. The van der Waals surface area contributed by atoms with E-state index in [1.807, 2.05) is 12.1 Å². The zero-order valence-corrected chi connectivity index (χ0v) is 29.2. The lowest BCUT2D eigenvalue weighted by Gasteiger charge is -2.08. The second-order valence-electron chi connectivity index (χ2n) is 9.47. The first-order chi connectivity index (χ1) is 24.8. The zero-order valence-electron chi connectivity index (χ0n) is 29.2. The van der Waals surface area contributed by atoms with Crippen LogP contribution in [0.2, 0.25) is 0 Å². The molecule has 0 radical (unpaired) electrons. The van der Waals surface area contributed by atoms with E-state index in [0.717, 1.165) is 11.1 Å². The van der Waals surface area contributed by atoms with Crippen molar-refractivity contribution in [2.24, 2.45) is 0 Å². The smallest absolute Gasteiger partial charge is 0.365 e. The number of aliphatic carboxylic acids is 1. The van der Waals surface area contributed by atoms with Gasteiger partial charge in [-0.15, -0.1) is 0 Å². The molecule has 0 saturated carbocycles. The Bertz CT molecular complexity index is 1520. The maximum Gasteiger partial charge on any atom is 0.365 e. The van der Waals surface area contributed by atoms with Crippen LogP contribution in [0.25, 0.3) is 12.2 Å². The zero-order chi connectivity index (χ0) is 39.3. The van der Waals surface area contributed by atoms with E-state index in [2.05, 4.69) is 37.1 Å². The van der Waals surface area contributed by atoms with Crippen molar-refractivity contribution in [1.82, 2.24) is 0 Å². The number of methoxy groups -OCH3 is 3. The number of hydrogen-bond acceptors (Lipinski definition) is 15. The molecule has 0 heterocycles. The van der Waals surface area contributed by atoms with Gasteiger partial charge in [-0.25, -0.2) is 19.2 Å². The fourth-order valence-electron chi connectivity index (χ4n) is 3.06. The fraction of sp³-hybridized carbons (Fsp3) is 0.278. The fourth-order valence-corrected chi connectivity index (χ4v) is 3.06. The van der Waals surface area contributed by atoms with Gasteiger partial charge >= 0.3 is 35.8 Å². The van der Waals surface area contributed by atoms with E-state index in [4.69, 9.17) is 24.4 Å². The lowest BCUT2D eigenvalue weighted by Crippen LogP contribution is -2.15. The minimum absolute atomic E-state index is 0.00351. The molecule has 0 aromatic heterocycles. The molecule has 0 bridgehead atoms. The molecule has 0 fully saturated rings. The van der Waals surface area contributed by atoms with Crippen LogP contribution in [0.15, 0.2) is 85.0 Å². The van der Waals surface area contributed by atoms with Gasteiger partial charge in [-0.3, -0.25) is 14.5 Å². The van der Waals surface area contributed by atoms with Gasteiger partial charge in [0.2, 0.25) is 0 Å². The van der Waals surface area contributed by atoms with E-state index in [1.54, 1.807) is 48.6 Å². The van der Waals surface area contributed by atoms with Crippen LogP contribution in [0.5, 0.6) is 11.5 Å². The molecule has 0 unspecified atom stereocenters. The molecule has 2 rings (SSSR count). The van der Waals surface area contributed by atoms with Crippen molar-refractivity contribution in [3.63, 3.8) is 0 Å². The molecule has 0 atom stereocenters. The summed E-state index contributed by atoms with van der Waals surface area (Å²) in [4.78, 5) is 73.5. The van der Waals surface area contributed by atoms with Gasteiger partial charge in [0.15, 0.2) is 0 Å². The van der Waals surface area contributed by atoms with Crippen molar-refractivity contribution in [3.8, 4) is 11.5 Å². The van der Waals surface area contributed by atoms with Gasteiger partial charge < -0.3 is 38.6 Å². The van der Waals surface area contributed by atoms with Crippen LogP contribution in [0.4, 0.5) is 0 Å². The van der Waals surface area contributed by atoms with Crippen LogP contribution >= 0.6 is 0 Å². The minimum atomic E-state index is -1.18. The molecule has 0 aliphatic rings. The maximum absolute atomic E-state index is 11.6. The van der Waals surface area contributed by atoms with Crippen LogP contribution in [0.1, 0.15) is 24.0 Å². The minimum Gasteiger partial charge on any atom is -0.491 e. The highest BCUT2D eigenvalue weighted by Gasteiger charge is 2.13.